The van der Waals surface area contributed by atoms with Crippen LogP contribution < -0.4 is 5.32 Å². The quantitative estimate of drug-likeness (QED) is 0.914. The molecule has 2 amide bonds. The van der Waals surface area contributed by atoms with Crippen molar-refractivity contribution in [2.45, 2.75) is 56.9 Å². The molecule has 1 atom stereocenters. The van der Waals surface area contributed by atoms with Crippen LogP contribution >= 0.6 is 0 Å². The van der Waals surface area contributed by atoms with E-state index in [1.165, 1.54) is 12.8 Å². The molecule has 1 aliphatic carbocycles. The van der Waals surface area contributed by atoms with E-state index in [0.29, 0.717) is 24.3 Å². The highest BCUT2D eigenvalue weighted by Crippen LogP contribution is 2.33. The predicted octanol–water partition coefficient (Wildman–Crippen LogP) is 3.14. The van der Waals surface area contributed by atoms with Crippen molar-refractivity contribution >= 4 is 6.03 Å². The Balaban J connectivity index is 1.47. The van der Waals surface area contributed by atoms with E-state index < -0.39 is 0 Å². The van der Waals surface area contributed by atoms with E-state index in [1.807, 2.05) is 17.0 Å². The Hall–Kier alpha value is -2.44. The van der Waals surface area contributed by atoms with Crippen LogP contribution in [0.5, 0.6) is 0 Å². The first-order valence-electron chi connectivity index (χ1n) is 9.44. The first-order valence-corrected chi connectivity index (χ1v) is 9.44. The number of aromatic nitrogens is 3. The van der Waals surface area contributed by atoms with Gasteiger partial charge in [0.2, 0.25) is 0 Å². The maximum atomic E-state index is 12.6. The molecule has 1 unspecified atom stereocenters. The maximum absolute atomic E-state index is 12.6. The molecule has 7 heteroatoms. The van der Waals surface area contributed by atoms with Gasteiger partial charge in [0.15, 0.2) is 5.82 Å². The minimum absolute atomic E-state index is 0.0423. The molecule has 2 fully saturated rings. The van der Waals surface area contributed by atoms with Gasteiger partial charge in [-0.1, -0.05) is 24.9 Å². The number of carbonyl (C=O) groups is 1. The molecule has 4 rings (SSSR count). The van der Waals surface area contributed by atoms with Gasteiger partial charge in [0.25, 0.3) is 5.89 Å². The molecule has 1 saturated carbocycles. The molecular formula is C19H25N5O2. The summed E-state index contributed by atoms with van der Waals surface area (Å²) in [6.07, 6.45) is 9.90. The molecule has 26 heavy (non-hydrogen) atoms. The summed E-state index contributed by atoms with van der Waals surface area (Å²) < 4.78 is 5.46. The van der Waals surface area contributed by atoms with Gasteiger partial charge in [-0.15, -0.1) is 0 Å². The number of urea groups is 1. The largest absolute Gasteiger partial charge is 0.335 e. The zero-order chi connectivity index (χ0) is 18.0. The summed E-state index contributed by atoms with van der Waals surface area (Å²) in [4.78, 5) is 23.2. The summed E-state index contributed by atoms with van der Waals surface area (Å²) in [5.74, 6) is 1.17. The molecule has 2 aromatic heterocycles. The van der Waals surface area contributed by atoms with Crippen LogP contribution in [0.1, 0.15) is 51.3 Å². The molecule has 0 spiro atoms. The number of hydrogen-bond acceptors (Lipinski definition) is 5. The lowest BCUT2D eigenvalue weighted by atomic mass is 9.81. The molecule has 2 aliphatic rings. The van der Waals surface area contributed by atoms with Crippen molar-refractivity contribution in [3.63, 3.8) is 0 Å². The Morgan fingerprint density at radius 3 is 2.81 bits per heavy atom. The van der Waals surface area contributed by atoms with E-state index >= 15 is 0 Å². The average molecular weight is 355 g/mol. The normalized spacial score (nSPS) is 24.0. The number of pyridine rings is 1. The van der Waals surface area contributed by atoms with Crippen LogP contribution in [0.4, 0.5) is 4.79 Å². The van der Waals surface area contributed by atoms with Gasteiger partial charge in [-0.25, -0.2) is 4.79 Å². The minimum atomic E-state index is -0.292. The lowest BCUT2D eigenvalue weighted by molar-refractivity contribution is 0.148. The maximum Gasteiger partial charge on any atom is 0.317 e. The van der Waals surface area contributed by atoms with Crippen molar-refractivity contribution < 1.29 is 9.32 Å². The van der Waals surface area contributed by atoms with Crippen LogP contribution in [-0.4, -0.2) is 45.2 Å². The summed E-state index contributed by atoms with van der Waals surface area (Å²) in [6.45, 7) is 3.51. The van der Waals surface area contributed by atoms with E-state index in [1.54, 1.807) is 12.4 Å². The van der Waals surface area contributed by atoms with Crippen LogP contribution in [0.25, 0.3) is 11.5 Å². The third kappa shape index (κ3) is 3.43. The SMILES string of the molecule is CC1(c2noc(-c3ccncc3)n2)CCCN(C(=O)NC2CCCC2)C1. The molecule has 0 aromatic carbocycles. The van der Waals surface area contributed by atoms with Gasteiger partial charge in [0, 0.05) is 42.5 Å². The molecule has 7 nitrogen and oxygen atoms in total. The molecule has 138 valence electrons. The lowest BCUT2D eigenvalue weighted by Gasteiger charge is -2.38. The van der Waals surface area contributed by atoms with E-state index in [4.69, 9.17) is 4.52 Å². The Labute approximate surface area is 153 Å². The van der Waals surface area contributed by atoms with Gasteiger partial charge in [-0.05, 0) is 37.8 Å². The van der Waals surface area contributed by atoms with Crippen molar-refractivity contribution in [2.75, 3.05) is 13.1 Å². The van der Waals surface area contributed by atoms with Crippen molar-refractivity contribution in [1.29, 1.82) is 0 Å². The van der Waals surface area contributed by atoms with Gasteiger partial charge < -0.3 is 14.7 Å². The molecule has 1 N–H and O–H groups in total. The highest BCUT2D eigenvalue weighted by molar-refractivity contribution is 5.74. The standard InChI is InChI=1S/C19H25N5O2/c1-19(17-22-16(26-23-17)14-7-10-20-11-8-14)9-4-12-24(13-19)18(25)21-15-5-2-3-6-15/h7-8,10-11,15H,2-6,9,12-13H2,1H3,(H,21,25). The topological polar surface area (TPSA) is 84.2 Å². The van der Waals surface area contributed by atoms with Crippen molar-refractivity contribution in [2.24, 2.45) is 0 Å². The van der Waals surface area contributed by atoms with Crippen LogP contribution in [0, 0.1) is 0 Å². The molecule has 0 bridgehead atoms. The fraction of sp³-hybridized carbons (Fsp3) is 0.579. The molecule has 1 aliphatic heterocycles. The van der Waals surface area contributed by atoms with Gasteiger partial charge in [-0.3, -0.25) is 4.98 Å². The number of piperidine rings is 1. The highest BCUT2D eigenvalue weighted by atomic mass is 16.5. The molecular weight excluding hydrogens is 330 g/mol. The summed E-state index contributed by atoms with van der Waals surface area (Å²) in [7, 11) is 0. The summed E-state index contributed by atoms with van der Waals surface area (Å²) in [5.41, 5.74) is 0.564. The number of nitrogens with zero attached hydrogens (tertiary/aromatic N) is 4. The second-order valence-electron chi connectivity index (χ2n) is 7.68. The van der Waals surface area contributed by atoms with Gasteiger partial charge in [0.1, 0.15) is 0 Å². The summed E-state index contributed by atoms with van der Waals surface area (Å²) >= 11 is 0. The van der Waals surface area contributed by atoms with E-state index in [2.05, 4.69) is 27.4 Å². The first kappa shape index (κ1) is 17.0. The summed E-state index contributed by atoms with van der Waals surface area (Å²) in [6, 6.07) is 4.07. The van der Waals surface area contributed by atoms with Gasteiger partial charge in [-0.2, -0.15) is 4.98 Å². The number of likely N-dealkylation sites (tertiary alicyclic amines) is 1. The van der Waals surface area contributed by atoms with Crippen LogP contribution in [0.3, 0.4) is 0 Å². The smallest absolute Gasteiger partial charge is 0.317 e. The molecule has 3 heterocycles. The second-order valence-corrected chi connectivity index (χ2v) is 7.68. The zero-order valence-corrected chi connectivity index (χ0v) is 15.1. The third-order valence-electron chi connectivity index (χ3n) is 5.56. The predicted molar refractivity (Wildman–Crippen MR) is 96.5 cm³/mol. The van der Waals surface area contributed by atoms with Crippen LogP contribution in [-0.2, 0) is 5.41 Å². The van der Waals surface area contributed by atoms with Crippen LogP contribution in [0.15, 0.2) is 29.0 Å². The number of nitrogens with one attached hydrogen (secondary N) is 1. The molecule has 2 aromatic rings. The average Bonchev–Trinajstić information content (AvgIpc) is 3.35. The second kappa shape index (κ2) is 7.05. The Bertz CT molecular complexity index is 756. The Morgan fingerprint density at radius 1 is 1.27 bits per heavy atom. The monoisotopic (exact) mass is 355 g/mol. The van der Waals surface area contributed by atoms with Crippen molar-refractivity contribution in [1.82, 2.24) is 25.3 Å². The van der Waals surface area contributed by atoms with E-state index in [9.17, 15) is 4.79 Å². The fourth-order valence-electron chi connectivity index (χ4n) is 4.01. The fourth-order valence-corrected chi connectivity index (χ4v) is 4.01. The third-order valence-corrected chi connectivity index (χ3v) is 5.56. The molecule has 0 radical (unpaired) electrons. The van der Waals surface area contributed by atoms with Gasteiger partial charge in [0.05, 0.1) is 0 Å². The first-order chi connectivity index (χ1) is 12.6. The minimum Gasteiger partial charge on any atom is -0.335 e. The molecule has 1 saturated heterocycles. The highest BCUT2D eigenvalue weighted by Gasteiger charge is 2.39. The Morgan fingerprint density at radius 2 is 2.04 bits per heavy atom. The number of amides is 2. The Kier molecular flexibility index (Phi) is 4.61. The van der Waals surface area contributed by atoms with Gasteiger partial charge >= 0.3 is 6.03 Å². The van der Waals surface area contributed by atoms with Crippen molar-refractivity contribution in [3.05, 3.63) is 30.4 Å². The van der Waals surface area contributed by atoms with E-state index in [0.717, 1.165) is 37.8 Å². The number of hydrogen-bond donors (Lipinski definition) is 1. The van der Waals surface area contributed by atoms with Crippen molar-refractivity contribution in [3.8, 4) is 11.5 Å². The number of rotatable bonds is 3. The number of carbonyl (C=O) groups excluding carboxylic acids is 1. The van der Waals surface area contributed by atoms with E-state index in [-0.39, 0.29) is 11.4 Å². The lowest BCUT2D eigenvalue weighted by Crippen LogP contribution is -2.52. The van der Waals surface area contributed by atoms with Crippen LogP contribution in [0.2, 0.25) is 0 Å². The zero-order valence-electron chi connectivity index (χ0n) is 15.1. The summed E-state index contributed by atoms with van der Waals surface area (Å²) in [5, 5.41) is 7.40.